The third-order valence-electron chi connectivity index (χ3n) is 2.86. The summed E-state index contributed by atoms with van der Waals surface area (Å²) in [5, 5.41) is 3.25. The largest absolute Gasteiger partial charge is 0.494 e. The van der Waals surface area contributed by atoms with Crippen molar-refractivity contribution in [2.75, 3.05) is 26.4 Å². The van der Waals surface area contributed by atoms with E-state index in [1.54, 1.807) is 0 Å². The van der Waals surface area contributed by atoms with Crippen molar-refractivity contribution in [3.8, 4) is 5.75 Å². The number of rotatable bonds is 9. The van der Waals surface area contributed by atoms with Gasteiger partial charge in [0.1, 0.15) is 12.4 Å². The standard InChI is InChI=1S/C15H22F3NO2/c1-3-19-13(9-10-20-11-15(16,17)18)12-7-5-6-8-14(12)21-4-2/h5-8,13,19H,3-4,9-11H2,1-2H3. The van der Waals surface area contributed by atoms with Crippen molar-refractivity contribution in [2.45, 2.75) is 32.5 Å². The first kappa shape index (κ1) is 17.8. The van der Waals surface area contributed by atoms with E-state index in [4.69, 9.17) is 9.47 Å². The minimum absolute atomic E-state index is 0.0393. The molecule has 0 spiro atoms. The molecule has 0 heterocycles. The predicted molar refractivity (Wildman–Crippen MR) is 75.5 cm³/mol. The molecule has 21 heavy (non-hydrogen) atoms. The van der Waals surface area contributed by atoms with Crippen LogP contribution in [0.2, 0.25) is 0 Å². The Kier molecular flexibility index (Phi) is 7.53. The lowest BCUT2D eigenvalue weighted by Crippen LogP contribution is -2.24. The van der Waals surface area contributed by atoms with Crippen molar-refractivity contribution in [3.63, 3.8) is 0 Å². The van der Waals surface area contributed by atoms with E-state index in [9.17, 15) is 13.2 Å². The number of benzene rings is 1. The molecule has 0 aromatic heterocycles. The summed E-state index contributed by atoms with van der Waals surface area (Å²) in [5.41, 5.74) is 0.941. The Hall–Kier alpha value is -1.27. The third-order valence-corrected chi connectivity index (χ3v) is 2.86. The molecule has 1 aromatic carbocycles. The van der Waals surface area contributed by atoms with Gasteiger partial charge in [0.15, 0.2) is 0 Å². The first-order chi connectivity index (χ1) is 9.98. The summed E-state index contributed by atoms with van der Waals surface area (Å²) >= 11 is 0. The number of hydrogen-bond acceptors (Lipinski definition) is 3. The van der Waals surface area contributed by atoms with Crippen LogP contribution in [-0.2, 0) is 4.74 Å². The van der Waals surface area contributed by atoms with Gasteiger partial charge in [0.2, 0.25) is 0 Å². The molecule has 0 saturated carbocycles. The second-order valence-electron chi connectivity index (χ2n) is 4.54. The second kappa shape index (κ2) is 8.89. The van der Waals surface area contributed by atoms with Crippen LogP contribution in [0.25, 0.3) is 0 Å². The first-order valence-corrected chi connectivity index (χ1v) is 7.07. The fraction of sp³-hybridized carbons (Fsp3) is 0.600. The Labute approximate surface area is 123 Å². The van der Waals surface area contributed by atoms with Gasteiger partial charge in [-0.1, -0.05) is 25.1 Å². The van der Waals surface area contributed by atoms with Gasteiger partial charge in [-0.15, -0.1) is 0 Å². The molecule has 0 fully saturated rings. The molecule has 1 unspecified atom stereocenters. The maximum Gasteiger partial charge on any atom is 0.411 e. The highest BCUT2D eigenvalue weighted by molar-refractivity contribution is 5.36. The van der Waals surface area contributed by atoms with Crippen molar-refractivity contribution in [3.05, 3.63) is 29.8 Å². The van der Waals surface area contributed by atoms with Crippen molar-refractivity contribution in [1.82, 2.24) is 5.32 Å². The number of alkyl halides is 3. The lowest BCUT2D eigenvalue weighted by molar-refractivity contribution is -0.174. The van der Waals surface area contributed by atoms with E-state index in [1.165, 1.54) is 0 Å². The highest BCUT2D eigenvalue weighted by Gasteiger charge is 2.27. The number of nitrogens with one attached hydrogen (secondary N) is 1. The van der Waals surface area contributed by atoms with Crippen molar-refractivity contribution in [1.29, 1.82) is 0 Å². The minimum Gasteiger partial charge on any atom is -0.494 e. The lowest BCUT2D eigenvalue weighted by Gasteiger charge is -2.21. The minimum atomic E-state index is -4.28. The summed E-state index contributed by atoms with van der Waals surface area (Å²) < 4.78 is 46.4. The summed E-state index contributed by atoms with van der Waals surface area (Å²) in [5.74, 6) is 0.752. The number of hydrogen-bond donors (Lipinski definition) is 1. The number of ether oxygens (including phenoxy) is 2. The van der Waals surface area contributed by atoms with E-state index < -0.39 is 12.8 Å². The smallest absolute Gasteiger partial charge is 0.411 e. The molecule has 3 nitrogen and oxygen atoms in total. The summed E-state index contributed by atoms with van der Waals surface area (Å²) in [6.07, 6.45) is -3.83. The maximum absolute atomic E-state index is 12.1. The van der Waals surface area contributed by atoms with Crippen LogP contribution in [0.4, 0.5) is 13.2 Å². The van der Waals surface area contributed by atoms with Crippen LogP contribution in [0.5, 0.6) is 5.75 Å². The summed E-state index contributed by atoms with van der Waals surface area (Å²) in [4.78, 5) is 0. The van der Waals surface area contributed by atoms with Gasteiger partial charge < -0.3 is 14.8 Å². The molecule has 0 saturated heterocycles. The molecule has 0 aliphatic rings. The second-order valence-corrected chi connectivity index (χ2v) is 4.54. The lowest BCUT2D eigenvalue weighted by atomic mass is 10.0. The number of para-hydroxylation sites is 1. The topological polar surface area (TPSA) is 30.5 Å². The van der Waals surface area contributed by atoms with Crippen molar-refractivity contribution in [2.24, 2.45) is 0 Å². The summed E-state index contributed by atoms with van der Waals surface area (Å²) in [6.45, 7) is 3.93. The summed E-state index contributed by atoms with van der Waals surface area (Å²) in [7, 11) is 0. The quantitative estimate of drug-likeness (QED) is 0.706. The molecule has 1 atom stereocenters. The Balaban J connectivity index is 2.64. The van der Waals surface area contributed by atoms with Gasteiger partial charge in [-0.05, 0) is 26.0 Å². The molecular formula is C15H22F3NO2. The fourth-order valence-corrected chi connectivity index (χ4v) is 2.06. The average molecular weight is 305 g/mol. The predicted octanol–water partition coefficient (Wildman–Crippen LogP) is 3.70. The van der Waals surface area contributed by atoms with Gasteiger partial charge in [0.25, 0.3) is 0 Å². The zero-order valence-corrected chi connectivity index (χ0v) is 12.4. The first-order valence-electron chi connectivity index (χ1n) is 7.07. The zero-order valence-electron chi connectivity index (χ0n) is 12.4. The Morgan fingerprint density at radius 1 is 1.19 bits per heavy atom. The van der Waals surface area contributed by atoms with Gasteiger partial charge in [0, 0.05) is 18.2 Å². The molecule has 0 aliphatic carbocycles. The third kappa shape index (κ3) is 6.82. The number of halogens is 3. The maximum atomic E-state index is 12.1. The van der Waals surface area contributed by atoms with E-state index >= 15 is 0 Å². The Morgan fingerprint density at radius 3 is 2.52 bits per heavy atom. The van der Waals surface area contributed by atoms with Crippen LogP contribution in [-0.4, -0.2) is 32.5 Å². The van der Waals surface area contributed by atoms with Crippen LogP contribution >= 0.6 is 0 Å². The monoisotopic (exact) mass is 305 g/mol. The van der Waals surface area contributed by atoms with E-state index in [1.807, 2.05) is 38.1 Å². The molecule has 0 amide bonds. The van der Waals surface area contributed by atoms with Crippen LogP contribution < -0.4 is 10.1 Å². The molecule has 0 aliphatic heterocycles. The zero-order chi connectivity index (χ0) is 15.7. The van der Waals surface area contributed by atoms with E-state index in [0.717, 1.165) is 11.3 Å². The van der Waals surface area contributed by atoms with Crippen LogP contribution in [0, 0.1) is 0 Å². The van der Waals surface area contributed by atoms with E-state index in [-0.39, 0.29) is 12.6 Å². The highest BCUT2D eigenvalue weighted by Crippen LogP contribution is 2.27. The normalized spacial score (nSPS) is 13.2. The van der Waals surface area contributed by atoms with Gasteiger partial charge >= 0.3 is 6.18 Å². The molecule has 1 aromatic rings. The Morgan fingerprint density at radius 2 is 1.90 bits per heavy atom. The average Bonchev–Trinajstić information content (AvgIpc) is 2.42. The SMILES string of the molecule is CCNC(CCOCC(F)(F)F)c1ccccc1OCC. The van der Waals surface area contributed by atoms with Gasteiger partial charge in [-0.25, -0.2) is 0 Å². The van der Waals surface area contributed by atoms with Gasteiger partial charge in [-0.3, -0.25) is 0 Å². The molecule has 0 radical (unpaired) electrons. The molecular weight excluding hydrogens is 283 g/mol. The molecule has 1 N–H and O–H groups in total. The molecule has 6 heteroatoms. The van der Waals surface area contributed by atoms with Gasteiger partial charge in [0.05, 0.1) is 6.61 Å². The summed E-state index contributed by atoms with van der Waals surface area (Å²) in [6, 6.07) is 7.45. The Bertz CT molecular complexity index is 410. The molecule has 1 rings (SSSR count). The van der Waals surface area contributed by atoms with Crippen LogP contribution in [0.1, 0.15) is 31.9 Å². The van der Waals surface area contributed by atoms with E-state index in [0.29, 0.717) is 19.6 Å². The molecule has 0 bridgehead atoms. The van der Waals surface area contributed by atoms with Crippen molar-refractivity contribution >= 4 is 0 Å². The van der Waals surface area contributed by atoms with Crippen LogP contribution in [0.3, 0.4) is 0 Å². The van der Waals surface area contributed by atoms with Gasteiger partial charge in [-0.2, -0.15) is 13.2 Å². The van der Waals surface area contributed by atoms with Crippen molar-refractivity contribution < 1.29 is 22.6 Å². The highest BCUT2D eigenvalue weighted by atomic mass is 19.4. The van der Waals surface area contributed by atoms with E-state index in [2.05, 4.69) is 5.32 Å². The van der Waals surface area contributed by atoms with Crippen LogP contribution in [0.15, 0.2) is 24.3 Å². The molecule has 120 valence electrons. The fourth-order valence-electron chi connectivity index (χ4n) is 2.06.